The van der Waals surface area contributed by atoms with E-state index in [1.807, 2.05) is 12.1 Å². The van der Waals surface area contributed by atoms with Gasteiger partial charge < -0.3 is 0 Å². The highest BCUT2D eigenvalue weighted by molar-refractivity contribution is 9.10. The molecule has 3 rings (SSSR count). The first-order valence-corrected chi connectivity index (χ1v) is 7.35. The van der Waals surface area contributed by atoms with E-state index in [-0.39, 0.29) is 17.5 Å². The molecule has 0 spiro atoms. The van der Waals surface area contributed by atoms with E-state index < -0.39 is 0 Å². The predicted molar refractivity (Wildman–Crippen MR) is 74.5 cm³/mol. The molecule has 1 fully saturated rings. The van der Waals surface area contributed by atoms with E-state index in [1.54, 1.807) is 12.1 Å². The predicted octanol–water partition coefficient (Wildman–Crippen LogP) is 4.91. The molecule has 1 saturated carbocycles. The molecule has 1 nitrogen and oxygen atoms in total. The van der Waals surface area contributed by atoms with Crippen LogP contribution in [0, 0.1) is 11.7 Å². The number of Topliss-reactive ketones (excluding diaryl/α,β-unsaturated/α-hetero) is 1. The van der Waals surface area contributed by atoms with E-state index in [0.717, 1.165) is 27.1 Å². The molecular formula is C14H10BrFOS. The van der Waals surface area contributed by atoms with Crippen molar-refractivity contribution in [1.29, 1.82) is 0 Å². The van der Waals surface area contributed by atoms with E-state index in [1.165, 1.54) is 17.4 Å². The molecule has 92 valence electrons. The molecule has 0 unspecified atom stereocenters. The Morgan fingerprint density at radius 2 is 2.06 bits per heavy atom. The maximum absolute atomic E-state index is 13.8. The van der Waals surface area contributed by atoms with Crippen molar-refractivity contribution in [2.24, 2.45) is 5.92 Å². The van der Waals surface area contributed by atoms with Gasteiger partial charge >= 0.3 is 0 Å². The normalized spacial score (nSPS) is 14.8. The topological polar surface area (TPSA) is 17.1 Å². The maximum atomic E-state index is 13.8. The van der Waals surface area contributed by atoms with Crippen LogP contribution in [0.4, 0.5) is 4.39 Å². The van der Waals surface area contributed by atoms with Crippen molar-refractivity contribution in [3.63, 3.8) is 0 Å². The molecule has 1 aromatic carbocycles. The molecule has 0 saturated heterocycles. The Bertz CT molecular complexity index is 616. The van der Waals surface area contributed by atoms with E-state index in [0.29, 0.717) is 5.56 Å². The fourth-order valence-electron chi connectivity index (χ4n) is 1.85. The van der Waals surface area contributed by atoms with Gasteiger partial charge in [-0.3, -0.25) is 4.79 Å². The zero-order valence-electron chi connectivity index (χ0n) is 9.45. The summed E-state index contributed by atoms with van der Waals surface area (Å²) in [7, 11) is 0. The Balaban J connectivity index is 1.94. The summed E-state index contributed by atoms with van der Waals surface area (Å²) in [6, 6.07) is 8.61. The third-order valence-electron chi connectivity index (χ3n) is 2.99. The molecule has 1 aliphatic carbocycles. The molecule has 0 radical (unpaired) electrons. The summed E-state index contributed by atoms with van der Waals surface area (Å²) in [5.41, 5.74) is 0.554. The largest absolute Gasteiger partial charge is 0.293 e. The molecule has 2 aromatic rings. The first-order chi connectivity index (χ1) is 8.65. The van der Waals surface area contributed by atoms with Crippen molar-refractivity contribution in [1.82, 2.24) is 0 Å². The second-order valence-electron chi connectivity index (χ2n) is 4.43. The monoisotopic (exact) mass is 324 g/mol. The lowest BCUT2D eigenvalue weighted by Crippen LogP contribution is -1.96. The molecule has 0 atom stereocenters. The zero-order valence-corrected chi connectivity index (χ0v) is 11.9. The van der Waals surface area contributed by atoms with Crippen LogP contribution in [-0.2, 0) is 0 Å². The van der Waals surface area contributed by atoms with Gasteiger partial charge in [-0.2, -0.15) is 0 Å². The van der Waals surface area contributed by atoms with Crippen molar-refractivity contribution >= 4 is 33.0 Å². The van der Waals surface area contributed by atoms with E-state index in [2.05, 4.69) is 15.9 Å². The van der Waals surface area contributed by atoms with Crippen LogP contribution < -0.4 is 0 Å². The fraction of sp³-hybridized carbons (Fsp3) is 0.214. The van der Waals surface area contributed by atoms with Crippen LogP contribution in [0.3, 0.4) is 0 Å². The minimum absolute atomic E-state index is 0.212. The van der Waals surface area contributed by atoms with Gasteiger partial charge in [-0.25, -0.2) is 4.39 Å². The van der Waals surface area contributed by atoms with Gasteiger partial charge in [-0.05, 0) is 43.2 Å². The van der Waals surface area contributed by atoms with E-state index >= 15 is 0 Å². The van der Waals surface area contributed by atoms with Crippen LogP contribution in [0.2, 0.25) is 0 Å². The third-order valence-corrected chi connectivity index (χ3v) is 4.62. The Kier molecular flexibility index (Phi) is 3.08. The van der Waals surface area contributed by atoms with Gasteiger partial charge in [-0.15, -0.1) is 11.3 Å². The first-order valence-electron chi connectivity index (χ1n) is 5.74. The lowest BCUT2D eigenvalue weighted by atomic mass is 10.1. The van der Waals surface area contributed by atoms with Crippen LogP contribution in [0.5, 0.6) is 0 Å². The lowest BCUT2D eigenvalue weighted by Gasteiger charge is -2.00. The zero-order chi connectivity index (χ0) is 12.7. The molecule has 0 amide bonds. The average Bonchev–Trinajstić information content (AvgIpc) is 3.07. The van der Waals surface area contributed by atoms with Gasteiger partial charge in [0.15, 0.2) is 5.78 Å². The van der Waals surface area contributed by atoms with Crippen molar-refractivity contribution in [2.75, 3.05) is 0 Å². The van der Waals surface area contributed by atoms with Crippen LogP contribution in [0.25, 0.3) is 10.4 Å². The van der Waals surface area contributed by atoms with Gasteiger partial charge in [0.1, 0.15) is 5.82 Å². The highest BCUT2D eigenvalue weighted by atomic mass is 79.9. The first kappa shape index (κ1) is 12.1. The number of carbonyl (C=O) groups is 1. The smallest absolute Gasteiger partial charge is 0.175 e. The summed E-state index contributed by atoms with van der Waals surface area (Å²) < 4.78 is 14.5. The van der Waals surface area contributed by atoms with Gasteiger partial charge in [0.2, 0.25) is 0 Å². The van der Waals surface area contributed by atoms with Crippen molar-refractivity contribution in [3.05, 3.63) is 45.5 Å². The maximum Gasteiger partial charge on any atom is 0.175 e. The Labute approximate surface area is 117 Å². The number of carbonyl (C=O) groups excluding carboxylic acids is 1. The van der Waals surface area contributed by atoms with Crippen molar-refractivity contribution in [2.45, 2.75) is 12.8 Å². The Morgan fingerprint density at radius 1 is 1.28 bits per heavy atom. The summed E-state index contributed by atoms with van der Waals surface area (Å²) in [5.74, 6) is 0.159. The Hall–Kier alpha value is -1.00. The number of halogens is 2. The molecular weight excluding hydrogens is 315 g/mol. The number of rotatable bonds is 3. The lowest BCUT2D eigenvalue weighted by molar-refractivity contribution is 0.0971. The molecule has 1 heterocycles. The second kappa shape index (κ2) is 4.59. The number of benzene rings is 1. The van der Waals surface area contributed by atoms with Crippen LogP contribution in [0.15, 0.2) is 34.8 Å². The van der Waals surface area contributed by atoms with Crippen LogP contribution in [-0.4, -0.2) is 5.78 Å². The fourth-order valence-corrected chi connectivity index (χ4v) is 3.24. The number of hydrogen-bond donors (Lipinski definition) is 0. The molecule has 18 heavy (non-hydrogen) atoms. The molecule has 0 aliphatic heterocycles. The Morgan fingerprint density at radius 3 is 2.72 bits per heavy atom. The standard InChI is InChI=1S/C14H10BrFOS/c15-9-3-4-10(11(16)7-9)12-5-6-13(18-12)14(17)8-1-2-8/h3-8H,1-2H2. The highest BCUT2D eigenvalue weighted by Gasteiger charge is 2.31. The second-order valence-corrected chi connectivity index (χ2v) is 6.43. The summed E-state index contributed by atoms with van der Waals surface area (Å²) in [4.78, 5) is 13.5. The minimum atomic E-state index is -0.267. The number of hydrogen-bond acceptors (Lipinski definition) is 2. The molecule has 0 N–H and O–H groups in total. The van der Waals surface area contributed by atoms with E-state index in [9.17, 15) is 9.18 Å². The highest BCUT2D eigenvalue weighted by Crippen LogP contribution is 2.37. The number of thiophene rings is 1. The van der Waals surface area contributed by atoms with Crippen molar-refractivity contribution in [3.8, 4) is 10.4 Å². The third kappa shape index (κ3) is 2.27. The summed E-state index contributed by atoms with van der Waals surface area (Å²) in [6.45, 7) is 0. The average molecular weight is 325 g/mol. The summed E-state index contributed by atoms with van der Waals surface area (Å²) >= 11 is 4.61. The van der Waals surface area contributed by atoms with Gasteiger partial charge in [-0.1, -0.05) is 15.9 Å². The molecule has 1 aromatic heterocycles. The molecule has 0 bridgehead atoms. The SMILES string of the molecule is O=C(c1ccc(-c2ccc(Br)cc2F)s1)C1CC1. The molecule has 4 heteroatoms. The minimum Gasteiger partial charge on any atom is -0.293 e. The van der Waals surface area contributed by atoms with Gasteiger partial charge in [0.25, 0.3) is 0 Å². The van der Waals surface area contributed by atoms with Crippen molar-refractivity contribution < 1.29 is 9.18 Å². The van der Waals surface area contributed by atoms with Gasteiger partial charge in [0, 0.05) is 20.8 Å². The summed E-state index contributed by atoms with van der Waals surface area (Å²) in [5, 5.41) is 0. The molecule has 1 aliphatic rings. The van der Waals surface area contributed by atoms with E-state index in [4.69, 9.17) is 0 Å². The van der Waals surface area contributed by atoms with Crippen LogP contribution in [0.1, 0.15) is 22.5 Å². The van der Waals surface area contributed by atoms with Crippen LogP contribution >= 0.6 is 27.3 Å². The summed E-state index contributed by atoms with van der Waals surface area (Å²) in [6.07, 6.45) is 2.00. The number of ketones is 1. The quantitative estimate of drug-likeness (QED) is 0.733. The van der Waals surface area contributed by atoms with Gasteiger partial charge in [0.05, 0.1) is 4.88 Å².